The number of pyridine rings is 2. The highest BCUT2D eigenvalue weighted by atomic mass is 79.9. The number of H-pyrrole nitrogens is 2. The Morgan fingerprint density at radius 3 is 2.81 bits per heavy atom. The van der Waals surface area contributed by atoms with E-state index in [9.17, 15) is 0 Å². The zero-order chi connectivity index (χ0) is 18.0. The van der Waals surface area contributed by atoms with Gasteiger partial charge in [-0.2, -0.15) is 5.10 Å². The second-order valence-electron chi connectivity index (χ2n) is 7.17. The fourth-order valence-corrected chi connectivity index (χ4v) is 4.77. The number of fused-ring (bicyclic) bond motifs is 6. The minimum Gasteiger partial charge on any atom is -0.345 e. The molecule has 1 aromatic carbocycles. The van der Waals surface area contributed by atoms with Crippen LogP contribution >= 0.6 is 15.9 Å². The maximum Gasteiger partial charge on any atom is 0.137 e. The minimum atomic E-state index is 0.893. The Labute approximate surface area is 163 Å². The average molecular weight is 418 g/mol. The number of rotatable bonds is 1. The Morgan fingerprint density at radius 1 is 1.00 bits per heavy atom. The summed E-state index contributed by atoms with van der Waals surface area (Å²) in [5.41, 5.74) is 8.04. The quantitative estimate of drug-likeness (QED) is 0.388. The second-order valence-corrected chi connectivity index (χ2v) is 8.08. The van der Waals surface area contributed by atoms with Gasteiger partial charge in [0, 0.05) is 38.6 Å². The number of aryl methyl sites for hydroxylation is 1. The normalized spacial score (nSPS) is 14.3. The maximum absolute atomic E-state index is 5.14. The Balaban J connectivity index is 1.74. The summed E-state index contributed by atoms with van der Waals surface area (Å²) in [6.07, 6.45) is 10.4. The van der Waals surface area contributed by atoms with Crippen molar-refractivity contribution in [1.29, 1.82) is 0 Å². The van der Waals surface area contributed by atoms with E-state index in [1.54, 1.807) is 0 Å². The summed E-state index contributed by atoms with van der Waals surface area (Å²) in [5, 5.41) is 10.9. The Hall–Kier alpha value is -2.73. The molecule has 2 N–H and O–H groups in total. The number of benzene rings is 1. The van der Waals surface area contributed by atoms with Gasteiger partial charge in [0.1, 0.15) is 5.65 Å². The van der Waals surface area contributed by atoms with Crippen LogP contribution in [0.2, 0.25) is 0 Å². The highest BCUT2D eigenvalue weighted by Gasteiger charge is 2.22. The van der Waals surface area contributed by atoms with Crippen molar-refractivity contribution in [3.05, 3.63) is 52.4 Å². The first-order valence-electron chi connectivity index (χ1n) is 9.20. The van der Waals surface area contributed by atoms with E-state index < -0.39 is 0 Å². The van der Waals surface area contributed by atoms with E-state index in [1.807, 2.05) is 18.6 Å². The van der Waals surface area contributed by atoms with Gasteiger partial charge in [-0.25, -0.2) is 9.97 Å². The lowest BCUT2D eigenvalue weighted by Crippen LogP contribution is -2.07. The lowest BCUT2D eigenvalue weighted by atomic mass is 9.85. The van der Waals surface area contributed by atoms with Crippen LogP contribution in [-0.4, -0.2) is 25.1 Å². The van der Waals surface area contributed by atoms with E-state index in [0.29, 0.717) is 0 Å². The molecule has 1 aliphatic carbocycles. The third-order valence-corrected chi connectivity index (χ3v) is 6.08. The van der Waals surface area contributed by atoms with E-state index in [2.05, 4.69) is 54.3 Å². The van der Waals surface area contributed by atoms with E-state index in [1.165, 1.54) is 34.7 Å². The predicted molar refractivity (Wildman–Crippen MR) is 111 cm³/mol. The molecule has 0 atom stereocenters. The van der Waals surface area contributed by atoms with Gasteiger partial charge in [-0.1, -0.05) is 0 Å². The highest BCUT2D eigenvalue weighted by Crippen LogP contribution is 2.39. The number of hydrogen-bond acceptors (Lipinski definition) is 3. The molecule has 6 heteroatoms. The van der Waals surface area contributed by atoms with Crippen LogP contribution < -0.4 is 0 Å². The molecule has 1 aliphatic rings. The van der Waals surface area contributed by atoms with Crippen molar-refractivity contribution in [3.8, 4) is 11.3 Å². The summed E-state index contributed by atoms with van der Waals surface area (Å²) >= 11 is 3.55. The van der Waals surface area contributed by atoms with Crippen LogP contribution in [0.25, 0.3) is 44.1 Å². The molecular weight excluding hydrogens is 402 g/mol. The van der Waals surface area contributed by atoms with Crippen LogP contribution in [0.1, 0.15) is 24.0 Å². The molecule has 0 amide bonds. The number of nitrogens with one attached hydrogen (secondary N) is 2. The zero-order valence-electron chi connectivity index (χ0n) is 14.5. The molecular formula is C21H16BrN5. The molecule has 0 saturated carbocycles. The second kappa shape index (κ2) is 5.63. The molecule has 132 valence electrons. The molecule has 0 radical (unpaired) electrons. The van der Waals surface area contributed by atoms with Gasteiger partial charge in [0.05, 0.1) is 22.9 Å². The standard InChI is InChI=1S/C21H16BrN5/c22-11-7-14-15(9-24-21(14)23-8-11)20-13-4-2-1-3-12(13)19-16-10-25-27-17(16)5-6-18(19)26-20/h5-10H,1-4H2,(H,23,24)(H,25,27). The summed E-state index contributed by atoms with van der Waals surface area (Å²) in [4.78, 5) is 12.9. The van der Waals surface area contributed by atoms with Gasteiger partial charge in [0.15, 0.2) is 0 Å². The fourth-order valence-electron chi connectivity index (χ4n) is 4.44. The molecule has 0 bridgehead atoms. The van der Waals surface area contributed by atoms with Gasteiger partial charge in [0.25, 0.3) is 0 Å². The van der Waals surface area contributed by atoms with Gasteiger partial charge in [-0.3, -0.25) is 5.10 Å². The number of aromatic nitrogens is 5. The molecule has 27 heavy (non-hydrogen) atoms. The molecule has 0 fully saturated rings. The number of nitrogens with zero attached hydrogens (tertiary/aromatic N) is 3. The minimum absolute atomic E-state index is 0.893. The van der Waals surface area contributed by atoms with Crippen LogP contribution in [0, 0.1) is 0 Å². The average Bonchev–Trinajstić information content (AvgIpc) is 3.33. The van der Waals surface area contributed by atoms with Crippen molar-refractivity contribution in [2.75, 3.05) is 0 Å². The zero-order valence-corrected chi connectivity index (χ0v) is 16.1. The van der Waals surface area contributed by atoms with Crippen LogP contribution in [0.4, 0.5) is 0 Å². The largest absolute Gasteiger partial charge is 0.345 e. The van der Waals surface area contributed by atoms with Gasteiger partial charge >= 0.3 is 0 Å². The summed E-state index contributed by atoms with van der Waals surface area (Å²) in [6.45, 7) is 0. The summed E-state index contributed by atoms with van der Waals surface area (Å²) in [7, 11) is 0. The lowest BCUT2D eigenvalue weighted by Gasteiger charge is -2.21. The van der Waals surface area contributed by atoms with Crippen molar-refractivity contribution in [2.24, 2.45) is 0 Å². The molecule has 5 nitrogen and oxygen atoms in total. The van der Waals surface area contributed by atoms with Crippen LogP contribution in [0.3, 0.4) is 0 Å². The first kappa shape index (κ1) is 15.3. The van der Waals surface area contributed by atoms with E-state index in [4.69, 9.17) is 4.98 Å². The Kier molecular flexibility index (Phi) is 3.20. The summed E-state index contributed by atoms with van der Waals surface area (Å²) in [5.74, 6) is 0. The first-order valence-corrected chi connectivity index (χ1v) is 9.99. The molecule has 4 heterocycles. The van der Waals surface area contributed by atoms with E-state index >= 15 is 0 Å². The third kappa shape index (κ3) is 2.19. The molecule has 5 aromatic rings. The number of halogens is 1. The van der Waals surface area contributed by atoms with Crippen LogP contribution in [-0.2, 0) is 12.8 Å². The van der Waals surface area contributed by atoms with E-state index in [0.717, 1.165) is 50.6 Å². The van der Waals surface area contributed by atoms with Crippen LogP contribution in [0.15, 0.2) is 41.3 Å². The molecule has 0 spiro atoms. The van der Waals surface area contributed by atoms with Gasteiger partial charge in [-0.15, -0.1) is 0 Å². The van der Waals surface area contributed by atoms with Gasteiger partial charge in [0.2, 0.25) is 0 Å². The topological polar surface area (TPSA) is 70.2 Å². The summed E-state index contributed by atoms with van der Waals surface area (Å²) < 4.78 is 0.977. The molecule has 4 aromatic heterocycles. The SMILES string of the molecule is Brc1cnc2[nH]cc(-c3nc4ccc5[nH]ncc5c4c4c3CCCC4)c2c1. The monoisotopic (exact) mass is 417 g/mol. The fraction of sp³-hybridized carbons (Fsp3) is 0.190. The first-order chi connectivity index (χ1) is 13.3. The molecule has 0 unspecified atom stereocenters. The Bertz CT molecular complexity index is 1350. The Morgan fingerprint density at radius 2 is 1.89 bits per heavy atom. The van der Waals surface area contributed by atoms with Crippen molar-refractivity contribution < 1.29 is 0 Å². The molecule has 0 aliphatic heterocycles. The third-order valence-electron chi connectivity index (χ3n) is 5.64. The molecule has 6 rings (SSSR count). The van der Waals surface area contributed by atoms with Gasteiger partial charge < -0.3 is 4.98 Å². The van der Waals surface area contributed by atoms with Crippen molar-refractivity contribution in [2.45, 2.75) is 25.7 Å². The van der Waals surface area contributed by atoms with Crippen molar-refractivity contribution in [1.82, 2.24) is 25.1 Å². The highest BCUT2D eigenvalue weighted by molar-refractivity contribution is 9.10. The van der Waals surface area contributed by atoms with Crippen molar-refractivity contribution in [3.63, 3.8) is 0 Å². The smallest absolute Gasteiger partial charge is 0.137 e. The van der Waals surface area contributed by atoms with Crippen LogP contribution in [0.5, 0.6) is 0 Å². The maximum atomic E-state index is 5.14. The summed E-state index contributed by atoms with van der Waals surface area (Å²) in [6, 6.07) is 6.30. The van der Waals surface area contributed by atoms with Gasteiger partial charge in [-0.05, 0) is 70.9 Å². The van der Waals surface area contributed by atoms with E-state index in [-0.39, 0.29) is 0 Å². The number of hydrogen-bond donors (Lipinski definition) is 2. The lowest BCUT2D eigenvalue weighted by molar-refractivity contribution is 0.689. The van der Waals surface area contributed by atoms with Crippen molar-refractivity contribution >= 4 is 48.8 Å². The number of aromatic amines is 2. The predicted octanol–water partition coefficient (Wildman–Crippen LogP) is 5.30. The molecule has 0 saturated heterocycles.